The molecule has 0 saturated carbocycles. The zero-order valence-corrected chi connectivity index (χ0v) is 12.2. The number of nitrogen functional groups attached to an aromatic ring is 1. The molecule has 4 heteroatoms. The molecule has 2 aromatic carbocycles. The fraction of sp³-hybridized carbons (Fsp3) is 0.188. The van der Waals surface area contributed by atoms with E-state index in [1.54, 1.807) is 17.8 Å². The van der Waals surface area contributed by atoms with Crippen LogP contribution >= 0.6 is 11.8 Å². The first-order valence-corrected chi connectivity index (χ1v) is 7.47. The first-order chi connectivity index (χ1) is 9.66. The number of carbonyl (C=O) groups is 1. The van der Waals surface area contributed by atoms with Gasteiger partial charge in [0, 0.05) is 22.9 Å². The Kier molecular flexibility index (Phi) is 5.07. The van der Waals surface area contributed by atoms with Crippen LogP contribution in [0.1, 0.15) is 15.9 Å². The van der Waals surface area contributed by atoms with Crippen molar-refractivity contribution >= 4 is 23.4 Å². The number of amides is 1. The first-order valence-electron chi connectivity index (χ1n) is 6.49. The molecule has 0 saturated heterocycles. The number of rotatable bonds is 5. The van der Waals surface area contributed by atoms with Gasteiger partial charge in [0.05, 0.1) is 5.56 Å². The van der Waals surface area contributed by atoms with Gasteiger partial charge >= 0.3 is 0 Å². The van der Waals surface area contributed by atoms with Gasteiger partial charge in [-0.2, -0.15) is 0 Å². The average Bonchev–Trinajstić information content (AvgIpc) is 2.47. The van der Waals surface area contributed by atoms with Crippen LogP contribution in [0, 0.1) is 6.92 Å². The molecule has 3 nitrogen and oxygen atoms in total. The third-order valence-corrected chi connectivity index (χ3v) is 3.87. The number of hydrogen-bond acceptors (Lipinski definition) is 3. The van der Waals surface area contributed by atoms with Crippen molar-refractivity contribution in [3.05, 3.63) is 59.7 Å². The van der Waals surface area contributed by atoms with Crippen molar-refractivity contribution in [2.75, 3.05) is 18.0 Å². The van der Waals surface area contributed by atoms with Crippen LogP contribution < -0.4 is 11.1 Å². The molecule has 0 heterocycles. The predicted octanol–water partition coefficient (Wildman–Crippen LogP) is 3.10. The van der Waals surface area contributed by atoms with E-state index in [1.807, 2.05) is 37.3 Å². The smallest absolute Gasteiger partial charge is 0.253 e. The summed E-state index contributed by atoms with van der Waals surface area (Å²) in [4.78, 5) is 13.2. The van der Waals surface area contributed by atoms with E-state index in [0.717, 1.165) is 11.3 Å². The highest BCUT2D eigenvalue weighted by atomic mass is 32.2. The fourth-order valence-corrected chi connectivity index (χ4v) is 2.60. The summed E-state index contributed by atoms with van der Waals surface area (Å²) in [5, 5.41) is 2.90. The highest BCUT2D eigenvalue weighted by molar-refractivity contribution is 7.99. The van der Waals surface area contributed by atoms with Gasteiger partial charge in [0.2, 0.25) is 0 Å². The van der Waals surface area contributed by atoms with E-state index in [1.165, 1.54) is 4.90 Å². The molecule has 0 unspecified atom stereocenters. The van der Waals surface area contributed by atoms with Crippen molar-refractivity contribution in [1.82, 2.24) is 5.32 Å². The van der Waals surface area contributed by atoms with Crippen LogP contribution in [0.25, 0.3) is 0 Å². The molecule has 0 aromatic heterocycles. The Labute approximate surface area is 123 Å². The molecule has 0 atom stereocenters. The van der Waals surface area contributed by atoms with Crippen molar-refractivity contribution in [2.24, 2.45) is 0 Å². The zero-order valence-electron chi connectivity index (χ0n) is 11.4. The van der Waals surface area contributed by atoms with E-state index in [4.69, 9.17) is 5.73 Å². The Morgan fingerprint density at radius 1 is 1.20 bits per heavy atom. The van der Waals surface area contributed by atoms with Crippen LogP contribution in [0.4, 0.5) is 5.69 Å². The van der Waals surface area contributed by atoms with Gasteiger partial charge in [-0.05, 0) is 31.2 Å². The number of carbonyl (C=O) groups excluding carboxylic acids is 1. The summed E-state index contributed by atoms with van der Waals surface area (Å²) in [6.45, 7) is 2.56. The van der Waals surface area contributed by atoms with Gasteiger partial charge in [-0.25, -0.2) is 0 Å². The first kappa shape index (κ1) is 14.5. The highest BCUT2D eigenvalue weighted by Crippen LogP contribution is 2.16. The second kappa shape index (κ2) is 7.01. The molecular formula is C16H18N2OS. The second-order valence-electron chi connectivity index (χ2n) is 4.51. The number of hydrogen-bond donors (Lipinski definition) is 2. The topological polar surface area (TPSA) is 55.1 Å². The molecule has 0 aliphatic heterocycles. The Morgan fingerprint density at radius 2 is 1.95 bits per heavy atom. The van der Waals surface area contributed by atoms with Crippen molar-refractivity contribution in [3.63, 3.8) is 0 Å². The average molecular weight is 286 g/mol. The van der Waals surface area contributed by atoms with Crippen LogP contribution in [-0.2, 0) is 0 Å². The van der Waals surface area contributed by atoms with Gasteiger partial charge in [-0.1, -0.05) is 29.8 Å². The van der Waals surface area contributed by atoms with E-state index in [0.29, 0.717) is 17.8 Å². The monoisotopic (exact) mass is 286 g/mol. The number of thioether (sulfide) groups is 1. The molecule has 0 aliphatic carbocycles. The summed E-state index contributed by atoms with van der Waals surface area (Å²) in [5.41, 5.74) is 7.92. The van der Waals surface area contributed by atoms with Gasteiger partial charge in [0.25, 0.3) is 5.91 Å². The van der Waals surface area contributed by atoms with Crippen molar-refractivity contribution in [2.45, 2.75) is 11.8 Å². The molecule has 0 aliphatic rings. The van der Waals surface area contributed by atoms with Crippen molar-refractivity contribution < 1.29 is 4.79 Å². The van der Waals surface area contributed by atoms with Gasteiger partial charge in [0.1, 0.15) is 0 Å². The quantitative estimate of drug-likeness (QED) is 0.504. The number of nitrogens with two attached hydrogens (primary N) is 1. The molecular weight excluding hydrogens is 268 g/mol. The van der Waals surface area contributed by atoms with E-state index < -0.39 is 0 Å². The highest BCUT2D eigenvalue weighted by Gasteiger charge is 2.08. The molecule has 20 heavy (non-hydrogen) atoms. The third-order valence-electron chi connectivity index (χ3n) is 2.85. The van der Waals surface area contributed by atoms with Crippen LogP contribution in [0.3, 0.4) is 0 Å². The van der Waals surface area contributed by atoms with Gasteiger partial charge in [-0.3, -0.25) is 4.79 Å². The summed E-state index contributed by atoms with van der Waals surface area (Å²) < 4.78 is 0. The maximum Gasteiger partial charge on any atom is 0.253 e. The lowest BCUT2D eigenvalue weighted by Crippen LogP contribution is -2.26. The molecule has 0 radical (unpaired) electrons. The Balaban J connectivity index is 1.82. The van der Waals surface area contributed by atoms with E-state index in [2.05, 4.69) is 17.4 Å². The summed E-state index contributed by atoms with van der Waals surface area (Å²) in [5.74, 6) is 0.724. The third kappa shape index (κ3) is 4.03. The van der Waals surface area contributed by atoms with E-state index in [9.17, 15) is 4.79 Å². The largest absolute Gasteiger partial charge is 0.398 e. The second-order valence-corrected chi connectivity index (χ2v) is 5.68. The summed E-state index contributed by atoms with van der Waals surface area (Å²) >= 11 is 1.72. The number of aryl methyl sites for hydroxylation is 1. The van der Waals surface area contributed by atoms with Gasteiger partial charge in [0.15, 0.2) is 0 Å². The summed E-state index contributed by atoms with van der Waals surface area (Å²) in [7, 11) is 0. The number of benzene rings is 2. The normalized spacial score (nSPS) is 10.2. The lowest BCUT2D eigenvalue weighted by atomic mass is 10.1. The van der Waals surface area contributed by atoms with Gasteiger partial charge in [-0.15, -0.1) is 11.8 Å². The molecule has 2 aromatic rings. The molecule has 0 spiro atoms. The zero-order chi connectivity index (χ0) is 14.4. The molecule has 2 rings (SSSR count). The fourth-order valence-electron chi connectivity index (χ4n) is 1.81. The number of anilines is 1. The van der Waals surface area contributed by atoms with Crippen LogP contribution in [0.5, 0.6) is 0 Å². The van der Waals surface area contributed by atoms with Gasteiger partial charge < -0.3 is 11.1 Å². The minimum atomic E-state index is -0.111. The van der Waals surface area contributed by atoms with E-state index >= 15 is 0 Å². The van der Waals surface area contributed by atoms with Crippen LogP contribution in [0.2, 0.25) is 0 Å². The molecule has 0 bridgehead atoms. The van der Waals surface area contributed by atoms with E-state index in [-0.39, 0.29) is 5.91 Å². The molecule has 104 valence electrons. The number of nitrogens with one attached hydrogen (secondary N) is 1. The maximum absolute atomic E-state index is 12.0. The Bertz CT molecular complexity index is 584. The van der Waals surface area contributed by atoms with Crippen LogP contribution in [-0.4, -0.2) is 18.2 Å². The molecule has 3 N–H and O–H groups in total. The minimum Gasteiger partial charge on any atom is -0.398 e. The summed E-state index contributed by atoms with van der Waals surface area (Å²) in [6.07, 6.45) is 0. The SMILES string of the molecule is Cc1ccc(N)c(C(=O)NCCSc2ccccc2)c1. The lowest BCUT2D eigenvalue weighted by molar-refractivity contribution is 0.0957. The summed E-state index contributed by atoms with van der Waals surface area (Å²) in [6, 6.07) is 15.6. The van der Waals surface area contributed by atoms with Crippen molar-refractivity contribution in [1.29, 1.82) is 0 Å². The predicted molar refractivity (Wildman–Crippen MR) is 85.1 cm³/mol. The minimum absolute atomic E-state index is 0.111. The van der Waals surface area contributed by atoms with Crippen molar-refractivity contribution in [3.8, 4) is 0 Å². The molecule has 0 fully saturated rings. The Morgan fingerprint density at radius 3 is 2.70 bits per heavy atom. The van der Waals surface area contributed by atoms with Crippen LogP contribution in [0.15, 0.2) is 53.4 Å². The lowest BCUT2D eigenvalue weighted by Gasteiger charge is -2.08. The standard InChI is InChI=1S/C16H18N2OS/c1-12-7-8-15(17)14(11-12)16(19)18-9-10-20-13-5-3-2-4-6-13/h2-8,11H,9-10,17H2,1H3,(H,18,19). The Hall–Kier alpha value is -1.94. The maximum atomic E-state index is 12.0. The molecule has 1 amide bonds.